The van der Waals surface area contributed by atoms with Gasteiger partial charge in [-0.3, -0.25) is 0 Å². The first-order valence-corrected chi connectivity index (χ1v) is 8.65. The number of rotatable bonds is 5. The van der Waals surface area contributed by atoms with Crippen molar-refractivity contribution < 1.29 is 22.5 Å². The van der Waals surface area contributed by atoms with E-state index in [2.05, 4.69) is 15.2 Å². The molecule has 23 heavy (non-hydrogen) atoms. The number of ether oxygens (including phenoxy) is 1. The predicted octanol–water partition coefficient (Wildman–Crippen LogP) is 1.87. The van der Waals surface area contributed by atoms with Crippen molar-refractivity contribution in [2.24, 2.45) is 0 Å². The SMILES string of the molecule is Cc1noc(C)c1S(=O)(=O)NCC(C)(C)NC(=O)OC(C)(C)C. The lowest BCUT2D eigenvalue weighted by molar-refractivity contribution is 0.0474. The highest BCUT2D eigenvalue weighted by Gasteiger charge is 2.29. The van der Waals surface area contributed by atoms with Crippen LogP contribution in [0.4, 0.5) is 4.79 Å². The van der Waals surface area contributed by atoms with Crippen LogP contribution in [-0.2, 0) is 14.8 Å². The fourth-order valence-electron chi connectivity index (χ4n) is 1.83. The summed E-state index contributed by atoms with van der Waals surface area (Å²) in [7, 11) is -3.78. The molecule has 0 spiro atoms. The number of nitrogens with one attached hydrogen (secondary N) is 2. The molecule has 0 radical (unpaired) electrons. The van der Waals surface area contributed by atoms with Crippen molar-refractivity contribution in [3.05, 3.63) is 11.5 Å². The van der Waals surface area contributed by atoms with Gasteiger partial charge in [0.2, 0.25) is 10.0 Å². The van der Waals surface area contributed by atoms with E-state index in [0.29, 0.717) is 0 Å². The fraction of sp³-hybridized carbons (Fsp3) is 0.714. The van der Waals surface area contributed by atoms with Crippen LogP contribution in [0.15, 0.2) is 9.42 Å². The summed E-state index contributed by atoms with van der Waals surface area (Å²) in [6.45, 7) is 11.7. The quantitative estimate of drug-likeness (QED) is 0.841. The van der Waals surface area contributed by atoms with Crippen molar-refractivity contribution in [2.45, 2.75) is 64.5 Å². The number of carbonyl (C=O) groups excluding carboxylic acids is 1. The Kier molecular flexibility index (Phi) is 5.48. The third-order valence-electron chi connectivity index (χ3n) is 2.78. The molecule has 8 nitrogen and oxygen atoms in total. The van der Waals surface area contributed by atoms with E-state index < -0.39 is 27.3 Å². The molecule has 0 saturated carbocycles. The van der Waals surface area contributed by atoms with E-state index in [4.69, 9.17) is 9.26 Å². The monoisotopic (exact) mass is 347 g/mol. The first-order valence-electron chi connectivity index (χ1n) is 7.17. The molecule has 1 amide bonds. The second-order valence-corrected chi connectivity index (χ2v) is 8.69. The third kappa shape index (κ3) is 5.83. The Labute approximate surface area is 137 Å². The molecule has 0 fully saturated rings. The summed E-state index contributed by atoms with van der Waals surface area (Å²) in [6.07, 6.45) is -0.612. The van der Waals surface area contributed by atoms with Crippen LogP contribution in [0.25, 0.3) is 0 Å². The zero-order valence-electron chi connectivity index (χ0n) is 14.6. The molecule has 0 bridgehead atoms. The molecule has 1 aromatic rings. The number of alkyl carbamates (subject to hydrolysis) is 1. The molecule has 2 N–H and O–H groups in total. The summed E-state index contributed by atoms with van der Waals surface area (Å²) >= 11 is 0. The number of hydrogen-bond acceptors (Lipinski definition) is 6. The van der Waals surface area contributed by atoms with Crippen LogP contribution in [0, 0.1) is 13.8 Å². The third-order valence-corrected chi connectivity index (χ3v) is 4.42. The molecule has 1 heterocycles. The van der Waals surface area contributed by atoms with Crippen LogP contribution in [0.3, 0.4) is 0 Å². The van der Waals surface area contributed by atoms with E-state index in [0.717, 1.165) is 0 Å². The molecule has 132 valence electrons. The Bertz CT molecular complexity index is 652. The van der Waals surface area contributed by atoms with Gasteiger partial charge in [0.25, 0.3) is 0 Å². The van der Waals surface area contributed by atoms with E-state index in [9.17, 15) is 13.2 Å². The maximum atomic E-state index is 12.3. The minimum Gasteiger partial charge on any atom is -0.444 e. The number of nitrogens with zero attached hydrogens (tertiary/aromatic N) is 1. The van der Waals surface area contributed by atoms with Crippen LogP contribution in [0.2, 0.25) is 0 Å². The van der Waals surface area contributed by atoms with Crippen molar-refractivity contribution in [3.63, 3.8) is 0 Å². The number of aryl methyl sites for hydroxylation is 2. The van der Waals surface area contributed by atoms with Gasteiger partial charge in [-0.1, -0.05) is 5.16 Å². The van der Waals surface area contributed by atoms with Gasteiger partial charge in [-0.25, -0.2) is 17.9 Å². The van der Waals surface area contributed by atoms with Gasteiger partial charge in [-0.15, -0.1) is 0 Å². The molecule has 1 aromatic heterocycles. The highest BCUT2D eigenvalue weighted by Crippen LogP contribution is 2.19. The maximum Gasteiger partial charge on any atom is 0.408 e. The van der Waals surface area contributed by atoms with Crippen molar-refractivity contribution >= 4 is 16.1 Å². The van der Waals surface area contributed by atoms with Gasteiger partial charge >= 0.3 is 6.09 Å². The van der Waals surface area contributed by atoms with Gasteiger partial charge in [-0.2, -0.15) is 0 Å². The van der Waals surface area contributed by atoms with Crippen molar-refractivity contribution in [3.8, 4) is 0 Å². The standard InChI is InChI=1S/C14H25N3O5S/c1-9-11(10(2)22-17-9)23(19,20)15-8-14(6,7)16-12(18)21-13(3,4)5/h15H,8H2,1-7H3,(H,16,18). The number of aromatic nitrogens is 1. The van der Waals surface area contributed by atoms with E-state index in [1.807, 2.05) is 0 Å². The fourth-order valence-corrected chi connectivity index (χ4v) is 3.37. The molecule has 0 aliphatic heterocycles. The average molecular weight is 347 g/mol. The Morgan fingerprint density at radius 3 is 2.22 bits per heavy atom. The lowest BCUT2D eigenvalue weighted by Crippen LogP contribution is -2.52. The van der Waals surface area contributed by atoms with Crippen molar-refractivity contribution in [1.82, 2.24) is 15.2 Å². The largest absolute Gasteiger partial charge is 0.444 e. The van der Waals surface area contributed by atoms with E-state index >= 15 is 0 Å². The summed E-state index contributed by atoms with van der Waals surface area (Å²) in [6, 6.07) is 0. The minimum atomic E-state index is -3.78. The second-order valence-electron chi connectivity index (χ2n) is 6.99. The maximum absolute atomic E-state index is 12.3. The Balaban J connectivity index is 2.74. The number of amides is 1. The first-order chi connectivity index (χ1) is 10.2. The molecule has 0 unspecified atom stereocenters. The van der Waals surface area contributed by atoms with Crippen LogP contribution in [0.5, 0.6) is 0 Å². The van der Waals surface area contributed by atoms with Gasteiger partial charge in [0.05, 0.1) is 5.54 Å². The Morgan fingerprint density at radius 2 is 1.78 bits per heavy atom. The van der Waals surface area contributed by atoms with Gasteiger partial charge < -0.3 is 14.6 Å². The number of sulfonamides is 1. The summed E-state index contributed by atoms with van der Waals surface area (Å²) in [5.41, 5.74) is -1.18. The molecule has 0 aromatic carbocycles. The summed E-state index contributed by atoms with van der Waals surface area (Å²) in [5, 5.41) is 6.26. The molecule has 1 rings (SSSR count). The highest BCUT2D eigenvalue weighted by atomic mass is 32.2. The minimum absolute atomic E-state index is 0.0152. The topological polar surface area (TPSA) is 111 Å². The average Bonchev–Trinajstić information content (AvgIpc) is 2.64. The molecular formula is C14H25N3O5S. The first kappa shape index (κ1) is 19.4. The molecular weight excluding hydrogens is 322 g/mol. The van der Waals surface area contributed by atoms with Gasteiger partial charge in [0, 0.05) is 6.54 Å². The van der Waals surface area contributed by atoms with Crippen LogP contribution >= 0.6 is 0 Å². The number of carbonyl (C=O) groups is 1. The number of hydrogen-bond donors (Lipinski definition) is 2. The molecule has 0 saturated heterocycles. The lowest BCUT2D eigenvalue weighted by Gasteiger charge is -2.28. The van der Waals surface area contributed by atoms with E-state index in [1.54, 1.807) is 41.5 Å². The zero-order valence-corrected chi connectivity index (χ0v) is 15.4. The van der Waals surface area contributed by atoms with Crippen LogP contribution in [-0.4, -0.2) is 37.4 Å². The predicted molar refractivity (Wildman–Crippen MR) is 84.6 cm³/mol. The Hall–Kier alpha value is -1.61. The van der Waals surface area contributed by atoms with Crippen molar-refractivity contribution in [2.75, 3.05) is 6.54 Å². The summed E-state index contributed by atoms with van der Waals surface area (Å²) < 4.78 is 37.2. The summed E-state index contributed by atoms with van der Waals surface area (Å²) in [4.78, 5) is 11.8. The van der Waals surface area contributed by atoms with Crippen LogP contribution in [0.1, 0.15) is 46.1 Å². The van der Waals surface area contributed by atoms with Crippen LogP contribution < -0.4 is 10.0 Å². The van der Waals surface area contributed by atoms with Gasteiger partial charge in [0.1, 0.15) is 16.2 Å². The highest BCUT2D eigenvalue weighted by molar-refractivity contribution is 7.89. The van der Waals surface area contributed by atoms with E-state index in [1.165, 1.54) is 6.92 Å². The Morgan fingerprint density at radius 1 is 1.22 bits per heavy atom. The summed E-state index contributed by atoms with van der Waals surface area (Å²) in [5.74, 6) is 0.216. The molecule has 0 aliphatic carbocycles. The van der Waals surface area contributed by atoms with Gasteiger partial charge in [-0.05, 0) is 48.5 Å². The normalized spacial score (nSPS) is 13.0. The van der Waals surface area contributed by atoms with Gasteiger partial charge in [0.15, 0.2) is 5.76 Å². The molecule has 9 heteroatoms. The van der Waals surface area contributed by atoms with E-state index in [-0.39, 0.29) is 22.9 Å². The smallest absolute Gasteiger partial charge is 0.408 e. The lowest BCUT2D eigenvalue weighted by atomic mass is 10.1. The zero-order chi connectivity index (χ0) is 18.1. The second kappa shape index (κ2) is 6.48. The van der Waals surface area contributed by atoms with Crippen molar-refractivity contribution in [1.29, 1.82) is 0 Å². The molecule has 0 aliphatic rings. The molecule has 0 atom stereocenters.